The first-order chi connectivity index (χ1) is 8.61. The minimum atomic E-state index is -0.436. The van der Waals surface area contributed by atoms with Crippen LogP contribution >= 0.6 is 11.6 Å². The van der Waals surface area contributed by atoms with E-state index in [4.69, 9.17) is 11.6 Å². The number of benzene rings is 1. The van der Waals surface area contributed by atoms with Crippen molar-refractivity contribution >= 4 is 22.5 Å². The second-order valence-electron chi connectivity index (χ2n) is 4.44. The van der Waals surface area contributed by atoms with Crippen LogP contribution in [0.2, 0.25) is 5.15 Å². The number of pyridine rings is 1. The van der Waals surface area contributed by atoms with Crippen molar-refractivity contribution in [3.8, 4) is 6.07 Å². The maximum absolute atomic E-state index is 9.23. The molecule has 0 fully saturated rings. The van der Waals surface area contributed by atoms with Gasteiger partial charge >= 0.3 is 0 Å². The van der Waals surface area contributed by atoms with Gasteiger partial charge in [0.25, 0.3) is 0 Å². The van der Waals surface area contributed by atoms with Gasteiger partial charge in [-0.2, -0.15) is 5.26 Å². The number of para-hydroxylation sites is 1. The van der Waals surface area contributed by atoms with Gasteiger partial charge in [0.1, 0.15) is 11.2 Å². The van der Waals surface area contributed by atoms with Crippen LogP contribution in [0.15, 0.2) is 30.3 Å². The molecule has 2 aromatic rings. The van der Waals surface area contributed by atoms with Crippen LogP contribution in [0, 0.1) is 11.3 Å². The SMILES string of the molecule is CC(C)NC(C#N)c1cc2ccccc2nc1Cl. The molecule has 1 atom stereocenters. The number of nitrogens with one attached hydrogen (secondary N) is 1. The maximum atomic E-state index is 9.23. The van der Waals surface area contributed by atoms with Crippen molar-refractivity contribution in [2.24, 2.45) is 0 Å². The highest BCUT2D eigenvalue weighted by Gasteiger charge is 2.16. The van der Waals surface area contributed by atoms with E-state index in [1.807, 2.05) is 44.2 Å². The van der Waals surface area contributed by atoms with E-state index in [0.29, 0.717) is 5.15 Å². The molecule has 0 radical (unpaired) electrons. The molecule has 18 heavy (non-hydrogen) atoms. The van der Waals surface area contributed by atoms with Gasteiger partial charge in [-0.3, -0.25) is 5.32 Å². The second kappa shape index (κ2) is 5.34. The van der Waals surface area contributed by atoms with Crippen LogP contribution in [0.5, 0.6) is 0 Å². The summed E-state index contributed by atoms with van der Waals surface area (Å²) in [7, 11) is 0. The van der Waals surface area contributed by atoms with E-state index in [1.54, 1.807) is 0 Å². The molecule has 0 spiro atoms. The normalized spacial score (nSPS) is 12.6. The lowest BCUT2D eigenvalue weighted by Crippen LogP contribution is -2.27. The van der Waals surface area contributed by atoms with Gasteiger partial charge in [0.2, 0.25) is 0 Å². The quantitative estimate of drug-likeness (QED) is 0.859. The highest BCUT2D eigenvalue weighted by Crippen LogP contribution is 2.25. The molecule has 3 nitrogen and oxygen atoms in total. The van der Waals surface area contributed by atoms with Crippen LogP contribution < -0.4 is 5.32 Å². The average Bonchev–Trinajstić information content (AvgIpc) is 2.35. The second-order valence-corrected chi connectivity index (χ2v) is 4.80. The van der Waals surface area contributed by atoms with Gasteiger partial charge in [-0.25, -0.2) is 4.98 Å². The molecular weight excluding hydrogens is 246 g/mol. The van der Waals surface area contributed by atoms with E-state index < -0.39 is 6.04 Å². The standard InChI is InChI=1S/C14H14ClN3/c1-9(2)17-13(8-16)11-7-10-5-3-4-6-12(10)18-14(11)15/h3-7,9,13,17H,1-2H3. The van der Waals surface area contributed by atoms with Crippen LogP contribution in [0.3, 0.4) is 0 Å². The third kappa shape index (κ3) is 2.61. The molecule has 1 aromatic carbocycles. The summed E-state index contributed by atoms with van der Waals surface area (Å²) in [6.07, 6.45) is 0. The number of hydrogen-bond acceptors (Lipinski definition) is 3. The predicted octanol–water partition coefficient (Wildman–Crippen LogP) is 3.45. The Morgan fingerprint density at radius 2 is 2.06 bits per heavy atom. The Morgan fingerprint density at radius 3 is 2.72 bits per heavy atom. The lowest BCUT2D eigenvalue weighted by molar-refractivity contribution is 0.546. The molecule has 0 saturated carbocycles. The van der Waals surface area contributed by atoms with E-state index in [9.17, 15) is 5.26 Å². The molecule has 1 heterocycles. The number of hydrogen-bond donors (Lipinski definition) is 1. The van der Waals surface area contributed by atoms with Crippen molar-refractivity contribution in [1.82, 2.24) is 10.3 Å². The highest BCUT2D eigenvalue weighted by atomic mass is 35.5. The summed E-state index contributed by atoms with van der Waals surface area (Å²) in [5.74, 6) is 0. The van der Waals surface area contributed by atoms with Crippen molar-refractivity contribution in [1.29, 1.82) is 5.26 Å². The molecule has 1 unspecified atom stereocenters. The van der Waals surface area contributed by atoms with Crippen molar-refractivity contribution in [3.05, 3.63) is 41.0 Å². The predicted molar refractivity (Wildman–Crippen MR) is 73.4 cm³/mol. The van der Waals surface area contributed by atoms with E-state index in [2.05, 4.69) is 16.4 Å². The molecule has 0 saturated heterocycles. The molecule has 0 amide bonds. The van der Waals surface area contributed by atoms with Gasteiger partial charge in [-0.15, -0.1) is 0 Å². The number of nitrogens with zero attached hydrogens (tertiary/aromatic N) is 2. The summed E-state index contributed by atoms with van der Waals surface area (Å²) in [6, 6.07) is 11.6. The van der Waals surface area contributed by atoms with Crippen molar-refractivity contribution < 1.29 is 0 Å². The molecule has 0 aliphatic rings. The summed E-state index contributed by atoms with van der Waals surface area (Å²) >= 11 is 6.16. The zero-order valence-electron chi connectivity index (χ0n) is 10.3. The Hall–Kier alpha value is -1.63. The van der Waals surface area contributed by atoms with Crippen LogP contribution in [-0.4, -0.2) is 11.0 Å². The minimum absolute atomic E-state index is 0.206. The van der Waals surface area contributed by atoms with Crippen LogP contribution in [-0.2, 0) is 0 Å². The zero-order valence-corrected chi connectivity index (χ0v) is 11.1. The van der Waals surface area contributed by atoms with E-state index >= 15 is 0 Å². The molecule has 1 N–H and O–H groups in total. The number of fused-ring (bicyclic) bond motifs is 1. The Kier molecular flexibility index (Phi) is 3.81. The maximum Gasteiger partial charge on any atom is 0.135 e. The summed E-state index contributed by atoms with van der Waals surface area (Å²) < 4.78 is 0. The lowest BCUT2D eigenvalue weighted by atomic mass is 10.1. The Bertz CT molecular complexity index is 602. The number of halogens is 1. The number of aromatic nitrogens is 1. The molecule has 1 aromatic heterocycles. The Labute approximate surface area is 111 Å². The third-order valence-electron chi connectivity index (χ3n) is 2.64. The summed E-state index contributed by atoms with van der Waals surface area (Å²) in [6.45, 7) is 3.99. The first-order valence-electron chi connectivity index (χ1n) is 5.82. The van der Waals surface area contributed by atoms with Crippen LogP contribution in [0.1, 0.15) is 25.5 Å². The Morgan fingerprint density at radius 1 is 1.33 bits per heavy atom. The average molecular weight is 260 g/mol. The molecule has 92 valence electrons. The monoisotopic (exact) mass is 259 g/mol. The highest BCUT2D eigenvalue weighted by molar-refractivity contribution is 6.30. The first-order valence-corrected chi connectivity index (χ1v) is 6.20. The van der Waals surface area contributed by atoms with Gasteiger partial charge in [0.05, 0.1) is 11.6 Å². The number of nitriles is 1. The van der Waals surface area contributed by atoms with Gasteiger partial charge in [-0.05, 0) is 26.0 Å². The molecule has 2 rings (SSSR count). The summed E-state index contributed by atoms with van der Waals surface area (Å²) in [5, 5.41) is 13.8. The smallest absolute Gasteiger partial charge is 0.135 e. The van der Waals surface area contributed by atoms with Crippen molar-refractivity contribution in [2.75, 3.05) is 0 Å². The molecule has 4 heteroatoms. The first kappa shape index (κ1) is 12.8. The topological polar surface area (TPSA) is 48.7 Å². The molecule has 0 aliphatic carbocycles. The lowest BCUT2D eigenvalue weighted by Gasteiger charge is -2.16. The fourth-order valence-electron chi connectivity index (χ4n) is 1.84. The fraction of sp³-hybridized carbons (Fsp3) is 0.286. The molecular formula is C14H14ClN3. The minimum Gasteiger partial charge on any atom is -0.296 e. The van der Waals surface area contributed by atoms with Gasteiger partial charge in [0, 0.05) is 17.0 Å². The fourth-order valence-corrected chi connectivity index (χ4v) is 2.10. The van der Waals surface area contributed by atoms with E-state index in [-0.39, 0.29) is 6.04 Å². The summed E-state index contributed by atoms with van der Waals surface area (Å²) in [5.41, 5.74) is 1.57. The summed E-state index contributed by atoms with van der Waals surface area (Å²) in [4.78, 5) is 4.33. The number of rotatable bonds is 3. The van der Waals surface area contributed by atoms with E-state index in [1.165, 1.54) is 0 Å². The van der Waals surface area contributed by atoms with Crippen LogP contribution in [0.4, 0.5) is 0 Å². The van der Waals surface area contributed by atoms with E-state index in [0.717, 1.165) is 16.5 Å². The van der Waals surface area contributed by atoms with Gasteiger partial charge in [-0.1, -0.05) is 29.8 Å². The van der Waals surface area contributed by atoms with Crippen LogP contribution in [0.25, 0.3) is 10.9 Å². The van der Waals surface area contributed by atoms with Crippen molar-refractivity contribution in [2.45, 2.75) is 25.9 Å². The van der Waals surface area contributed by atoms with Gasteiger partial charge < -0.3 is 0 Å². The van der Waals surface area contributed by atoms with Gasteiger partial charge in [0.15, 0.2) is 0 Å². The zero-order chi connectivity index (χ0) is 13.1. The molecule has 0 bridgehead atoms. The third-order valence-corrected chi connectivity index (χ3v) is 2.95. The van der Waals surface area contributed by atoms with Crippen molar-refractivity contribution in [3.63, 3.8) is 0 Å². The molecule has 0 aliphatic heterocycles. The largest absolute Gasteiger partial charge is 0.296 e. The Balaban J connectivity index is 2.49.